The molecule has 0 radical (unpaired) electrons. The normalized spacial score (nSPS) is 20.5. The number of phenolic OH excluding ortho intramolecular Hbond substituents is 1. The maximum Gasteiger partial charge on any atom is 0.324 e. The Morgan fingerprint density at radius 2 is 1.88 bits per heavy atom. The van der Waals surface area contributed by atoms with Crippen molar-refractivity contribution in [3.05, 3.63) is 84.2 Å². The third kappa shape index (κ3) is 10.2. The van der Waals surface area contributed by atoms with Gasteiger partial charge < -0.3 is 34.3 Å². The van der Waals surface area contributed by atoms with E-state index in [1.807, 2.05) is 39.0 Å². The van der Waals surface area contributed by atoms with Crippen molar-refractivity contribution in [2.24, 2.45) is 17.3 Å². The summed E-state index contributed by atoms with van der Waals surface area (Å²) >= 11 is 0. The SMILES string of the molecule is C=CC(=O)N1CC[C@H](C(=O)N(C)C(C(=O)N[C@H]2Cc3cc(O)cc(c3)-c3ccc4c(c3)c(c(-c3cccnc3COCC)n4CC)CC(C)(C)COC(=O)[C@@H]3CCCN(N3)C2=O)C(C)C)C1. The van der Waals surface area contributed by atoms with Crippen LogP contribution in [0.15, 0.2) is 67.4 Å². The van der Waals surface area contributed by atoms with Gasteiger partial charge in [-0.2, -0.15) is 0 Å². The number of phenols is 1. The summed E-state index contributed by atoms with van der Waals surface area (Å²) < 4.78 is 14.3. The minimum absolute atomic E-state index is 0.00928. The first kappa shape index (κ1) is 47.9. The van der Waals surface area contributed by atoms with E-state index in [0.29, 0.717) is 57.6 Å². The van der Waals surface area contributed by atoms with Crippen LogP contribution in [0.4, 0.5) is 0 Å². The summed E-state index contributed by atoms with van der Waals surface area (Å²) in [4.78, 5) is 77.1. The number of aromatic nitrogens is 2. The summed E-state index contributed by atoms with van der Waals surface area (Å²) in [7, 11) is 1.58. The molecule has 2 saturated heterocycles. The van der Waals surface area contributed by atoms with Gasteiger partial charge in [0.2, 0.25) is 17.7 Å². The van der Waals surface area contributed by atoms with Crippen molar-refractivity contribution in [3.8, 4) is 28.1 Å². The Morgan fingerprint density at radius 1 is 1.09 bits per heavy atom. The van der Waals surface area contributed by atoms with Crippen LogP contribution in [0.5, 0.6) is 5.75 Å². The standard InChI is InChI=1S/C51H65N7O8/c1-9-44(60)56-21-18-34(28-56)48(62)55(8)45(31(4)5)47(61)53-41-24-32-22-35(25-36(59)23-32)33-16-17-43-38(26-33)39(46(57(43)10-2)37-14-12-19-52-42(37)29-65-11-3)27-51(6,7)30-66-50(64)40-15-13-20-58(54-40)49(41)63/h9,12,14,16-17,19,22-23,25-26,31,34,40-41,45,54,59H,1,10-11,13,15,18,20-21,24,27-30H2,2-8H3,(H,53,61)/t34-,40-,41-,45?/m0/s1. The van der Waals surface area contributed by atoms with E-state index in [9.17, 15) is 29.1 Å². The predicted molar refractivity (Wildman–Crippen MR) is 252 cm³/mol. The van der Waals surface area contributed by atoms with Crippen LogP contribution in [0.2, 0.25) is 0 Å². The molecule has 4 aromatic rings. The molecule has 5 heterocycles. The average Bonchev–Trinajstić information content (AvgIpc) is 3.91. The molecule has 0 aliphatic carbocycles. The van der Waals surface area contributed by atoms with Crippen LogP contribution < -0.4 is 10.7 Å². The van der Waals surface area contributed by atoms with E-state index in [2.05, 4.69) is 60.9 Å². The number of aryl methyl sites for hydroxylation is 1. The minimum Gasteiger partial charge on any atom is -0.508 e. The number of hydrogen-bond donors (Lipinski definition) is 3. The third-order valence-corrected chi connectivity index (χ3v) is 13.1. The number of amides is 4. The molecule has 2 aromatic carbocycles. The van der Waals surface area contributed by atoms with Crippen molar-refractivity contribution in [1.82, 2.24) is 35.1 Å². The topological polar surface area (TPSA) is 176 Å². The Labute approximate surface area is 387 Å². The van der Waals surface area contributed by atoms with Crippen LogP contribution in [-0.2, 0) is 59.4 Å². The average molecular weight is 904 g/mol. The number of ether oxygens (including phenoxy) is 2. The summed E-state index contributed by atoms with van der Waals surface area (Å²) in [6.07, 6.45) is 4.95. The van der Waals surface area contributed by atoms with E-state index in [1.165, 1.54) is 16.0 Å². The van der Waals surface area contributed by atoms with Crippen molar-refractivity contribution in [3.63, 3.8) is 0 Å². The molecule has 3 aliphatic heterocycles. The van der Waals surface area contributed by atoms with Crippen molar-refractivity contribution < 1.29 is 38.6 Å². The number of cyclic esters (lactones) is 1. The number of nitrogens with one attached hydrogen (secondary N) is 2. The number of pyridine rings is 1. The molecule has 0 saturated carbocycles. The molecular weight excluding hydrogens is 839 g/mol. The fraction of sp³-hybridized carbons (Fsp3) is 0.490. The highest BCUT2D eigenvalue weighted by molar-refractivity contribution is 5.96. The van der Waals surface area contributed by atoms with Crippen LogP contribution in [0.1, 0.15) is 77.6 Å². The fourth-order valence-electron chi connectivity index (χ4n) is 9.88. The molecule has 6 bridgehead atoms. The van der Waals surface area contributed by atoms with Crippen LogP contribution in [-0.4, -0.2) is 117 Å². The highest BCUT2D eigenvalue weighted by atomic mass is 16.5. The first-order valence-electron chi connectivity index (χ1n) is 23.3. The Morgan fingerprint density at radius 3 is 2.61 bits per heavy atom. The molecule has 3 N–H and O–H groups in total. The summed E-state index contributed by atoms with van der Waals surface area (Å²) in [5.74, 6) is -2.86. The summed E-state index contributed by atoms with van der Waals surface area (Å²) in [5, 5.41) is 16.7. The molecule has 0 spiro atoms. The van der Waals surface area contributed by atoms with Crippen LogP contribution in [0.3, 0.4) is 0 Å². The van der Waals surface area contributed by atoms with E-state index in [4.69, 9.17) is 14.5 Å². The molecular formula is C51H65N7O8. The Hall–Kier alpha value is -6.06. The second kappa shape index (κ2) is 20.2. The van der Waals surface area contributed by atoms with Crippen molar-refractivity contribution in [2.75, 3.05) is 39.9 Å². The van der Waals surface area contributed by atoms with E-state index in [1.54, 1.807) is 30.3 Å². The van der Waals surface area contributed by atoms with Crippen molar-refractivity contribution in [2.45, 2.75) is 105 Å². The molecule has 15 heteroatoms. The first-order valence-corrected chi connectivity index (χ1v) is 23.3. The zero-order valence-electron chi connectivity index (χ0n) is 39.4. The second-order valence-electron chi connectivity index (χ2n) is 19.0. The van der Waals surface area contributed by atoms with Gasteiger partial charge in [0.25, 0.3) is 5.91 Å². The summed E-state index contributed by atoms with van der Waals surface area (Å²) in [5.41, 5.74) is 9.59. The van der Waals surface area contributed by atoms with Gasteiger partial charge in [0.15, 0.2) is 0 Å². The van der Waals surface area contributed by atoms with Crippen LogP contribution in [0.25, 0.3) is 33.3 Å². The lowest BCUT2D eigenvalue weighted by molar-refractivity contribution is -0.155. The number of carbonyl (C=O) groups excluding carboxylic acids is 5. The van der Waals surface area contributed by atoms with Crippen molar-refractivity contribution >= 4 is 40.5 Å². The molecule has 1 unspecified atom stereocenters. The van der Waals surface area contributed by atoms with E-state index in [0.717, 1.165) is 44.5 Å². The number of aromatic hydroxyl groups is 1. The lowest BCUT2D eigenvalue weighted by atomic mass is 9.84. The highest BCUT2D eigenvalue weighted by Crippen LogP contribution is 2.41. The number of esters is 1. The maximum atomic E-state index is 14.7. The molecule has 15 nitrogen and oxygen atoms in total. The van der Waals surface area contributed by atoms with E-state index < -0.39 is 47.2 Å². The number of hydrazine groups is 1. The lowest BCUT2D eigenvalue weighted by Crippen LogP contribution is -2.62. The Balaban J connectivity index is 1.30. The van der Waals surface area contributed by atoms with E-state index in [-0.39, 0.29) is 49.6 Å². The minimum atomic E-state index is -1.16. The molecule has 2 aromatic heterocycles. The molecule has 7 rings (SSSR count). The largest absolute Gasteiger partial charge is 0.508 e. The first-order chi connectivity index (χ1) is 31.5. The summed E-state index contributed by atoms with van der Waals surface area (Å²) in [6, 6.07) is 12.5. The number of likely N-dealkylation sites (tertiary alicyclic amines) is 1. The molecule has 4 amide bonds. The number of fused-ring (bicyclic) bond motifs is 6. The van der Waals surface area contributed by atoms with Gasteiger partial charge in [-0.15, -0.1) is 0 Å². The second-order valence-corrected chi connectivity index (χ2v) is 19.0. The van der Waals surface area contributed by atoms with Gasteiger partial charge in [-0.3, -0.25) is 34.0 Å². The number of carbonyl (C=O) groups is 5. The predicted octanol–water partition coefficient (Wildman–Crippen LogP) is 5.80. The van der Waals surface area contributed by atoms with Crippen LogP contribution in [0, 0.1) is 17.3 Å². The van der Waals surface area contributed by atoms with Gasteiger partial charge in [0.1, 0.15) is 23.9 Å². The van der Waals surface area contributed by atoms with Gasteiger partial charge >= 0.3 is 5.97 Å². The Kier molecular flexibility index (Phi) is 14.7. The summed E-state index contributed by atoms with van der Waals surface area (Å²) in [6.45, 7) is 18.0. The van der Waals surface area contributed by atoms with Gasteiger partial charge in [-0.1, -0.05) is 46.4 Å². The fourth-order valence-corrected chi connectivity index (χ4v) is 9.88. The number of likely N-dealkylation sites (N-methyl/N-ethyl adjacent to an activating group) is 1. The quantitative estimate of drug-likeness (QED) is 0.123. The molecule has 2 fully saturated rings. The molecule has 352 valence electrons. The van der Waals surface area contributed by atoms with Gasteiger partial charge in [-0.25, -0.2) is 5.43 Å². The number of benzene rings is 2. The van der Waals surface area contributed by atoms with Gasteiger partial charge in [0, 0.05) is 74.3 Å². The highest BCUT2D eigenvalue weighted by Gasteiger charge is 2.40. The number of hydrogen-bond acceptors (Lipinski definition) is 10. The van der Waals surface area contributed by atoms with E-state index >= 15 is 0 Å². The monoisotopic (exact) mass is 903 g/mol. The Bertz CT molecular complexity index is 2500. The van der Waals surface area contributed by atoms with Gasteiger partial charge in [0.05, 0.1) is 30.5 Å². The molecule has 3 aliphatic rings. The third-order valence-electron chi connectivity index (χ3n) is 13.1. The van der Waals surface area contributed by atoms with Crippen LogP contribution >= 0.6 is 0 Å². The number of rotatable bonds is 11. The van der Waals surface area contributed by atoms with Crippen molar-refractivity contribution in [1.29, 1.82) is 0 Å². The number of nitrogens with zero attached hydrogens (tertiary/aromatic N) is 5. The lowest BCUT2D eigenvalue weighted by Gasteiger charge is -2.37. The zero-order valence-corrected chi connectivity index (χ0v) is 39.4. The smallest absolute Gasteiger partial charge is 0.324 e. The molecule has 4 atom stereocenters. The maximum absolute atomic E-state index is 14.7. The molecule has 66 heavy (non-hydrogen) atoms. The zero-order chi connectivity index (χ0) is 47.4. The van der Waals surface area contributed by atoms with Gasteiger partial charge in [-0.05, 0) is 110 Å².